The molecule has 9 heteroatoms. The zero-order valence-electron chi connectivity index (χ0n) is 11.6. The van der Waals surface area contributed by atoms with E-state index in [4.69, 9.17) is 11.6 Å². The Morgan fingerprint density at radius 1 is 1.18 bits per heavy atom. The molecule has 0 amide bonds. The van der Waals surface area contributed by atoms with Crippen LogP contribution in [0.1, 0.15) is 19.3 Å². The summed E-state index contributed by atoms with van der Waals surface area (Å²) in [5, 5.41) is -0.188. The lowest BCUT2D eigenvalue weighted by molar-refractivity contribution is 0.332. The van der Waals surface area contributed by atoms with Gasteiger partial charge in [-0.25, -0.2) is 21.2 Å². The summed E-state index contributed by atoms with van der Waals surface area (Å²) in [6, 6.07) is 2.36. The van der Waals surface area contributed by atoms with Crippen molar-refractivity contribution in [1.29, 1.82) is 0 Å². The van der Waals surface area contributed by atoms with Crippen LogP contribution < -0.4 is 0 Å². The molecule has 0 radical (unpaired) electrons. The first-order valence-electron chi connectivity index (χ1n) is 6.90. The van der Waals surface area contributed by atoms with Crippen LogP contribution in [0.4, 0.5) is 4.39 Å². The van der Waals surface area contributed by atoms with Crippen LogP contribution in [0.2, 0.25) is 5.02 Å². The lowest BCUT2D eigenvalue weighted by Crippen LogP contribution is -2.42. The Hall–Kier alpha value is -0.700. The van der Waals surface area contributed by atoms with E-state index in [2.05, 4.69) is 0 Å². The van der Waals surface area contributed by atoms with Crippen molar-refractivity contribution in [2.45, 2.75) is 36.2 Å². The maximum atomic E-state index is 13.1. The van der Waals surface area contributed by atoms with E-state index in [0.717, 1.165) is 18.2 Å². The highest BCUT2D eigenvalue weighted by Gasteiger charge is 2.46. The van der Waals surface area contributed by atoms with E-state index in [9.17, 15) is 21.2 Å². The van der Waals surface area contributed by atoms with Crippen molar-refractivity contribution in [2.24, 2.45) is 0 Å². The third-order valence-corrected chi connectivity index (χ3v) is 8.16. The summed E-state index contributed by atoms with van der Waals surface area (Å²) < 4.78 is 63.5. The molecule has 2 aliphatic rings. The van der Waals surface area contributed by atoms with Gasteiger partial charge in [-0.05, 0) is 37.5 Å². The second-order valence-electron chi connectivity index (χ2n) is 5.70. The van der Waals surface area contributed by atoms with Gasteiger partial charge in [0.25, 0.3) is 0 Å². The van der Waals surface area contributed by atoms with Crippen molar-refractivity contribution in [3.05, 3.63) is 29.0 Å². The number of rotatable bonds is 4. The van der Waals surface area contributed by atoms with Crippen molar-refractivity contribution in [3.8, 4) is 0 Å². The first-order valence-corrected chi connectivity index (χ1v) is 10.5. The smallest absolute Gasteiger partial charge is 0.229 e. The molecule has 1 saturated heterocycles. The number of nitrogens with zero attached hydrogens (tertiary/aromatic N) is 1. The fourth-order valence-corrected chi connectivity index (χ4v) is 7.01. The highest BCUT2D eigenvalue weighted by atomic mass is 35.5. The molecule has 1 aliphatic carbocycles. The van der Waals surface area contributed by atoms with E-state index in [-0.39, 0.29) is 33.9 Å². The van der Waals surface area contributed by atoms with Gasteiger partial charge in [0.05, 0.1) is 16.5 Å². The fraction of sp³-hybridized carbons (Fsp3) is 0.538. The first kappa shape index (κ1) is 16.2. The topological polar surface area (TPSA) is 71.5 Å². The molecule has 1 aromatic carbocycles. The van der Waals surface area contributed by atoms with Crippen LogP contribution in [0, 0.1) is 5.82 Å². The van der Waals surface area contributed by atoms with Gasteiger partial charge in [0.15, 0.2) is 9.84 Å². The third kappa shape index (κ3) is 3.02. The van der Waals surface area contributed by atoms with E-state index in [1.807, 2.05) is 0 Å². The van der Waals surface area contributed by atoms with Crippen molar-refractivity contribution >= 4 is 31.5 Å². The Bertz CT molecular complexity index is 805. The highest BCUT2D eigenvalue weighted by molar-refractivity contribution is 7.92. The molecule has 0 aromatic heterocycles. The zero-order chi connectivity index (χ0) is 16.1. The van der Waals surface area contributed by atoms with Gasteiger partial charge in [-0.3, -0.25) is 0 Å². The minimum atomic E-state index is -3.95. The second kappa shape index (κ2) is 5.43. The monoisotopic (exact) mass is 367 g/mol. The second-order valence-corrected chi connectivity index (χ2v) is 10.1. The molecule has 1 aromatic rings. The average Bonchev–Trinajstić information content (AvgIpc) is 3.13. The van der Waals surface area contributed by atoms with Crippen molar-refractivity contribution in [1.82, 2.24) is 4.31 Å². The Balaban J connectivity index is 2.01. The molecule has 5 nitrogen and oxygen atoms in total. The number of sulfone groups is 1. The Morgan fingerprint density at radius 3 is 2.36 bits per heavy atom. The molecule has 2 fully saturated rings. The van der Waals surface area contributed by atoms with Crippen LogP contribution in [0.3, 0.4) is 0 Å². The molecule has 0 spiro atoms. The van der Waals surface area contributed by atoms with Crippen molar-refractivity contribution in [3.63, 3.8) is 0 Å². The summed E-state index contributed by atoms with van der Waals surface area (Å²) in [7, 11) is -7.15. The molecular formula is C13H15ClFNO4S2. The number of sulfonamides is 1. The molecule has 1 heterocycles. The normalized spacial score (nSPS) is 24.8. The molecule has 3 rings (SSSR count). The molecule has 22 heavy (non-hydrogen) atoms. The van der Waals surface area contributed by atoms with E-state index in [1.54, 1.807) is 0 Å². The van der Waals surface area contributed by atoms with Gasteiger partial charge < -0.3 is 0 Å². The molecule has 1 aliphatic heterocycles. The summed E-state index contributed by atoms with van der Waals surface area (Å²) in [5.74, 6) is -0.792. The summed E-state index contributed by atoms with van der Waals surface area (Å²) in [5.41, 5.74) is 0. The number of hydrogen-bond donors (Lipinski definition) is 0. The van der Waals surface area contributed by atoms with Crippen LogP contribution >= 0.6 is 11.6 Å². The molecule has 0 bridgehead atoms. The van der Waals surface area contributed by atoms with Gasteiger partial charge in [0.1, 0.15) is 10.7 Å². The summed E-state index contributed by atoms with van der Waals surface area (Å²) in [4.78, 5) is -0.174. The SMILES string of the molecule is O=S1(=O)CCC(N(C2CC2)S(=O)(=O)c2ccc(F)cc2Cl)C1. The standard InChI is InChI=1S/C13H15ClFNO4S2/c14-12-7-9(15)1-4-13(12)22(19,20)16(10-2-3-10)11-5-6-21(17,18)8-11/h1,4,7,10-11H,2-3,5-6,8H2. The highest BCUT2D eigenvalue weighted by Crippen LogP contribution is 2.38. The predicted molar refractivity (Wildman–Crippen MR) is 80.5 cm³/mol. The summed E-state index contributed by atoms with van der Waals surface area (Å²) in [6.45, 7) is 0. The number of halogens is 2. The van der Waals surface area contributed by atoms with Crippen LogP contribution in [0.25, 0.3) is 0 Å². The van der Waals surface area contributed by atoms with Crippen molar-refractivity contribution < 1.29 is 21.2 Å². The Morgan fingerprint density at radius 2 is 1.86 bits per heavy atom. The minimum absolute atomic E-state index is 0.00639. The van der Waals surface area contributed by atoms with Gasteiger partial charge in [0.2, 0.25) is 10.0 Å². The molecular weight excluding hydrogens is 353 g/mol. The Kier molecular flexibility index (Phi) is 3.99. The lowest BCUT2D eigenvalue weighted by atomic mass is 10.2. The molecule has 0 N–H and O–H groups in total. The quantitative estimate of drug-likeness (QED) is 0.813. The van der Waals surface area contributed by atoms with Crippen LogP contribution in [0.5, 0.6) is 0 Å². The van der Waals surface area contributed by atoms with Crippen LogP contribution in [-0.2, 0) is 19.9 Å². The maximum Gasteiger partial charge on any atom is 0.245 e. The molecule has 1 unspecified atom stereocenters. The summed E-state index contributed by atoms with van der Waals surface area (Å²) in [6.07, 6.45) is 1.69. The average molecular weight is 368 g/mol. The van der Waals surface area contributed by atoms with Crippen molar-refractivity contribution in [2.75, 3.05) is 11.5 Å². The first-order chi connectivity index (χ1) is 10.2. The van der Waals surface area contributed by atoms with E-state index >= 15 is 0 Å². The largest absolute Gasteiger partial charge is 0.245 e. The molecule has 1 saturated carbocycles. The minimum Gasteiger partial charge on any atom is -0.229 e. The molecule has 1 atom stereocenters. The van der Waals surface area contributed by atoms with Gasteiger partial charge in [0, 0.05) is 12.1 Å². The van der Waals surface area contributed by atoms with Gasteiger partial charge in [-0.1, -0.05) is 11.6 Å². The maximum absolute atomic E-state index is 13.1. The van der Waals surface area contributed by atoms with Crippen LogP contribution in [0.15, 0.2) is 23.1 Å². The zero-order valence-corrected chi connectivity index (χ0v) is 14.0. The lowest BCUT2D eigenvalue weighted by Gasteiger charge is -2.27. The fourth-order valence-electron chi connectivity index (χ4n) is 2.79. The van der Waals surface area contributed by atoms with Gasteiger partial charge in [-0.2, -0.15) is 4.31 Å². The predicted octanol–water partition coefficient (Wildman–Crippen LogP) is 1.82. The van der Waals surface area contributed by atoms with Gasteiger partial charge >= 0.3 is 0 Å². The Labute approximate surface area is 134 Å². The third-order valence-electron chi connectivity index (χ3n) is 3.92. The van der Waals surface area contributed by atoms with E-state index < -0.39 is 31.7 Å². The van der Waals surface area contributed by atoms with E-state index in [1.165, 1.54) is 4.31 Å². The summed E-state index contributed by atoms with van der Waals surface area (Å²) >= 11 is 5.88. The van der Waals surface area contributed by atoms with Gasteiger partial charge in [-0.15, -0.1) is 0 Å². The van der Waals surface area contributed by atoms with Crippen LogP contribution in [-0.4, -0.2) is 44.7 Å². The molecule has 122 valence electrons. The number of benzene rings is 1. The van der Waals surface area contributed by atoms with E-state index in [0.29, 0.717) is 12.8 Å². The number of hydrogen-bond acceptors (Lipinski definition) is 4.